The Morgan fingerprint density at radius 1 is 1.10 bits per heavy atom. The highest BCUT2D eigenvalue weighted by Crippen LogP contribution is 2.19. The summed E-state index contributed by atoms with van der Waals surface area (Å²) in [6, 6.07) is 10.8. The third-order valence-corrected chi connectivity index (χ3v) is 3.39. The lowest BCUT2D eigenvalue weighted by molar-refractivity contribution is 0.411. The van der Waals surface area contributed by atoms with Gasteiger partial charge in [0.15, 0.2) is 0 Å². The highest BCUT2D eigenvalue weighted by Gasteiger charge is 2.02. The van der Waals surface area contributed by atoms with Gasteiger partial charge in [-0.25, -0.2) is 4.39 Å². The van der Waals surface area contributed by atoms with E-state index in [1.165, 1.54) is 11.6 Å². The van der Waals surface area contributed by atoms with Crippen LogP contribution in [0.2, 0.25) is 5.02 Å². The number of halogens is 2. The van der Waals surface area contributed by atoms with Gasteiger partial charge in [0.25, 0.3) is 0 Å². The van der Waals surface area contributed by atoms with Crippen LogP contribution < -0.4 is 10.1 Å². The largest absolute Gasteiger partial charge is 0.496 e. The van der Waals surface area contributed by atoms with Gasteiger partial charge in [-0.05, 0) is 41.8 Å². The van der Waals surface area contributed by atoms with E-state index in [0.717, 1.165) is 23.4 Å². The van der Waals surface area contributed by atoms with Crippen LogP contribution in [-0.2, 0) is 13.1 Å². The maximum absolute atomic E-state index is 13.0. The molecule has 20 heavy (non-hydrogen) atoms. The van der Waals surface area contributed by atoms with E-state index < -0.39 is 0 Å². The predicted molar refractivity (Wildman–Crippen MR) is 79.7 cm³/mol. The van der Waals surface area contributed by atoms with E-state index in [1.807, 2.05) is 19.1 Å². The van der Waals surface area contributed by atoms with Crippen molar-refractivity contribution in [2.45, 2.75) is 20.0 Å². The first-order valence-corrected chi connectivity index (χ1v) is 6.76. The molecule has 0 aromatic heterocycles. The minimum Gasteiger partial charge on any atom is -0.496 e. The van der Waals surface area contributed by atoms with Crippen LogP contribution in [0.1, 0.15) is 16.7 Å². The van der Waals surface area contributed by atoms with Gasteiger partial charge in [0.1, 0.15) is 11.6 Å². The molecule has 0 saturated carbocycles. The SMILES string of the molecule is COc1ccc(CNCc2ccc(F)c(Cl)c2)cc1C. The zero-order chi connectivity index (χ0) is 14.5. The van der Waals surface area contributed by atoms with Gasteiger partial charge in [-0.15, -0.1) is 0 Å². The molecule has 1 N–H and O–H groups in total. The van der Waals surface area contributed by atoms with Crippen molar-refractivity contribution in [1.29, 1.82) is 0 Å². The van der Waals surface area contributed by atoms with Crippen LogP contribution in [-0.4, -0.2) is 7.11 Å². The third kappa shape index (κ3) is 3.71. The molecule has 0 bridgehead atoms. The molecule has 0 heterocycles. The molecular weight excluding hydrogens is 277 g/mol. The first kappa shape index (κ1) is 14.8. The zero-order valence-corrected chi connectivity index (χ0v) is 12.3. The fraction of sp³-hybridized carbons (Fsp3) is 0.250. The van der Waals surface area contributed by atoms with Gasteiger partial charge >= 0.3 is 0 Å². The van der Waals surface area contributed by atoms with Gasteiger partial charge in [0, 0.05) is 13.1 Å². The lowest BCUT2D eigenvalue weighted by atomic mass is 10.1. The van der Waals surface area contributed by atoms with E-state index in [9.17, 15) is 4.39 Å². The molecule has 0 radical (unpaired) electrons. The average Bonchev–Trinajstić information content (AvgIpc) is 2.43. The molecule has 0 spiro atoms. The summed E-state index contributed by atoms with van der Waals surface area (Å²) in [5.74, 6) is 0.500. The van der Waals surface area contributed by atoms with Crippen molar-refractivity contribution < 1.29 is 9.13 Å². The van der Waals surface area contributed by atoms with Crippen LogP contribution in [0.5, 0.6) is 5.75 Å². The van der Waals surface area contributed by atoms with Crippen LogP contribution in [0.4, 0.5) is 4.39 Å². The fourth-order valence-electron chi connectivity index (χ4n) is 2.05. The van der Waals surface area contributed by atoms with Crippen molar-refractivity contribution in [3.63, 3.8) is 0 Å². The van der Waals surface area contributed by atoms with E-state index in [-0.39, 0.29) is 10.8 Å². The van der Waals surface area contributed by atoms with Crippen LogP contribution >= 0.6 is 11.6 Å². The second kappa shape index (κ2) is 6.73. The van der Waals surface area contributed by atoms with E-state index in [0.29, 0.717) is 6.54 Å². The Labute approximate surface area is 123 Å². The summed E-state index contributed by atoms with van der Waals surface area (Å²) in [5.41, 5.74) is 3.25. The van der Waals surface area contributed by atoms with Gasteiger partial charge in [0.05, 0.1) is 12.1 Å². The van der Waals surface area contributed by atoms with E-state index >= 15 is 0 Å². The number of hydrogen-bond donors (Lipinski definition) is 1. The normalized spacial score (nSPS) is 10.6. The van der Waals surface area contributed by atoms with Gasteiger partial charge in [0.2, 0.25) is 0 Å². The molecule has 4 heteroatoms. The van der Waals surface area contributed by atoms with Crippen molar-refractivity contribution in [2.24, 2.45) is 0 Å². The lowest BCUT2D eigenvalue weighted by Crippen LogP contribution is -2.12. The Morgan fingerprint density at radius 2 is 1.75 bits per heavy atom. The van der Waals surface area contributed by atoms with Crippen LogP contribution in [0, 0.1) is 12.7 Å². The van der Waals surface area contributed by atoms with Gasteiger partial charge in [-0.3, -0.25) is 0 Å². The van der Waals surface area contributed by atoms with Gasteiger partial charge < -0.3 is 10.1 Å². The summed E-state index contributed by atoms with van der Waals surface area (Å²) in [6.45, 7) is 3.40. The molecule has 106 valence electrons. The molecule has 0 amide bonds. The predicted octanol–water partition coefficient (Wildman–Crippen LogP) is 4.09. The molecular formula is C16H17ClFNO. The molecule has 0 saturated heterocycles. The molecule has 2 nitrogen and oxygen atoms in total. The smallest absolute Gasteiger partial charge is 0.141 e. The maximum Gasteiger partial charge on any atom is 0.141 e. The summed E-state index contributed by atoms with van der Waals surface area (Å²) in [5, 5.41) is 3.46. The number of ether oxygens (including phenoxy) is 1. The fourth-order valence-corrected chi connectivity index (χ4v) is 2.25. The van der Waals surface area contributed by atoms with E-state index in [4.69, 9.17) is 16.3 Å². The first-order chi connectivity index (χ1) is 9.60. The maximum atomic E-state index is 13.0. The number of nitrogens with one attached hydrogen (secondary N) is 1. The summed E-state index contributed by atoms with van der Waals surface area (Å²) in [6.07, 6.45) is 0. The third-order valence-electron chi connectivity index (χ3n) is 3.10. The van der Waals surface area contributed by atoms with Crippen molar-refractivity contribution >= 4 is 11.6 Å². The number of benzene rings is 2. The quantitative estimate of drug-likeness (QED) is 0.896. The number of hydrogen-bond acceptors (Lipinski definition) is 2. The Morgan fingerprint density at radius 3 is 2.35 bits per heavy atom. The van der Waals surface area contributed by atoms with Gasteiger partial charge in [-0.1, -0.05) is 29.8 Å². The Bertz CT molecular complexity index is 601. The highest BCUT2D eigenvalue weighted by molar-refractivity contribution is 6.30. The molecule has 0 aliphatic heterocycles. The molecule has 0 atom stereocenters. The summed E-state index contributed by atoms with van der Waals surface area (Å²) >= 11 is 5.75. The van der Waals surface area contributed by atoms with Crippen molar-refractivity contribution in [3.05, 3.63) is 63.9 Å². The Kier molecular flexibility index (Phi) is 4.99. The van der Waals surface area contributed by atoms with Crippen molar-refractivity contribution in [3.8, 4) is 5.75 Å². The van der Waals surface area contributed by atoms with Crippen LogP contribution in [0.15, 0.2) is 36.4 Å². The monoisotopic (exact) mass is 293 g/mol. The molecule has 2 aromatic carbocycles. The summed E-state index contributed by atoms with van der Waals surface area (Å²) in [7, 11) is 1.67. The van der Waals surface area contributed by atoms with E-state index in [1.54, 1.807) is 19.2 Å². The molecule has 0 aliphatic carbocycles. The standard InChI is InChI=1S/C16H17ClFNO/c1-11-7-12(4-6-16(11)20-2)9-19-10-13-3-5-15(18)14(17)8-13/h3-8,19H,9-10H2,1-2H3. The molecule has 0 aliphatic rings. The van der Waals surface area contributed by atoms with Crippen molar-refractivity contribution in [1.82, 2.24) is 5.32 Å². The average molecular weight is 294 g/mol. The topological polar surface area (TPSA) is 21.3 Å². The summed E-state index contributed by atoms with van der Waals surface area (Å²) < 4.78 is 18.3. The lowest BCUT2D eigenvalue weighted by Gasteiger charge is -2.09. The number of methoxy groups -OCH3 is 1. The zero-order valence-electron chi connectivity index (χ0n) is 11.5. The molecule has 2 aromatic rings. The summed E-state index contributed by atoms with van der Waals surface area (Å²) in [4.78, 5) is 0. The second-order valence-corrected chi connectivity index (χ2v) is 5.06. The van der Waals surface area contributed by atoms with E-state index in [2.05, 4.69) is 11.4 Å². The minimum absolute atomic E-state index is 0.157. The molecule has 0 unspecified atom stereocenters. The van der Waals surface area contributed by atoms with Gasteiger partial charge in [-0.2, -0.15) is 0 Å². The second-order valence-electron chi connectivity index (χ2n) is 4.66. The highest BCUT2D eigenvalue weighted by atomic mass is 35.5. The number of aryl methyl sites for hydroxylation is 1. The number of rotatable bonds is 5. The molecule has 0 fully saturated rings. The Hall–Kier alpha value is -1.58. The van der Waals surface area contributed by atoms with Crippen LogP contribution in [0.25, 0.3) is 0 Å². The molecule has 2 rings (SSSR count). The Balaban J connectivity index is 1.92. The van der Waals surface area contributed by atoms with Crippen molar-refractivity contribution in [2.75, 3.05) is 7.11 Å². The first-order valence-electron chi connectivity index (χ1n) is 6.38. The minimum atomic E-state index is -0.388. The van der Waals surface area contributed by atoms with Crippen LogP contribution in [0.3, 0.4) is 0 Å².